The van der Waals surface area contributed by atoms with E-state index >= 15 is 0 Å². The van der Waals surface area contributed by atoms with Crippen molar-refractivity contribution in [2.45, 2.75) is 25.9 Å². The molecule has 1 aromatic rings. The first-order valence-corrected chi connectivity index (χ1v) is 7.12. The summed E-state index contributed by atoms with van der Waals surface area (Å²) in [5.41, 5.74) is 1.03. The Morgan fingerprint density at radius 1 is 1.50 bits per heavy atom. The summed E-state index contributed by atoms with van der Waals surface area (Å²) in [6.45, 7) is 2.14. The van der Waals surface area contributed by atoms with E-state index in [9.17, 15) is 5.11 Å². The van der Waals surface area contributed by atoms with E-state index in [0.717, 1.165) is 19.1 Å². The molecular formula is C10H12Br2OS. The Morgan fingerprint density at radius 2 is 2.14 bits per heavy atom. The second kappa shape index (κ2) is 4.24. The number of rotatable bonds is 3. The highest BCUT2D eigenvalue weighted by atomic mass is 79.9. The lowest BCUT2D eigenvalue weighted by atomic mass is 9.95. The average Bonchev–Trinajstić information content (AvgIpc) is 2.90. The summed E-state index contributed by atoms with van der Waals surface area (Å²) in [5, 5.41) is 10.1. The van der Waals surface area contributed by atoms with E-state index in [0.29, 0.717) is 5.92 Å². The maximum atomic E-state index is 10.1. The van der Waals surface area contributed by atoms with Gasteiger partial charge in [0.05, 0.1) is 13.7 Å². The second-order valence-corrected chi connectivity index (χ2v) is 7.67. The smallest absolute Gasteiger partial charge is 0.0837 e. The Bertz CT molecular complexity index is 333. The van der Waals surface area contributed by atoms with Gasteiger partial charge in [0.15, 0.2) is 0 Å². The van der Waals surface area contributed by atoms with E-state index in [1.807, 2.05) is 6.07 Å². The summed E-state index contributed by atoms with van der Waals surface area (Å²) >= 11 is 8.53. The highest BCUT2D eigenvalue weighted by Crippen LogP contribution is 2.45. The zero-order valence-corrected chi connectivity index (χ0v) is 11.8. The van der Waals surface area contributed by atoms with Gasteiger partial charge < -0.3 is 5.11 Å². The van der Waals surface area contributed by atoms with Gasteiger partial charge in [0.25, 0.3) is 0 Å². The van der Waals surface area contributed by atoms with Gasteiger partial charge in [-0.1, -0.05) is 6.92 Å². The lowest BCUT2D eigenvalue weighted by Gasteiger charge is -2.17. The first kappa shape index (κ1) is 11.1. The molecule has 1 saturated carbocycles. The summed E-state index contributed by atoms with van der Waals surface area (Å²) in [5.74, 6) is 1.11. The molecule has 0 saturated heterocycles. The van der Waals surface area contributed by atoms with E-state index in [1.54, 1.807) is 11.3 Å². The molecule has 0 spiro atoms. The van der Waals surface area contributed by atoms with Gasteiger partial charge in [-0.05, 0) is 62.6 Å². The average molecular weight is 340 g/mol. The molecule has 4 heteroatoms. The van der Waals surface area contributed by atoms with E-state index in [-0.39, 0.29) is 6.10 Å². The SMILES string of the molecule is CC(C1CC1)C(O)c1cc(Br)sc1Br. The molecule has 2 rings (SSSR count). The number of hydrogen-bond acceptors (Lipinski definition) is 2. The normalized spacial score (nSPS) is 20.9. The van der Waals surface area contributed by atoms with Crippen LogP contribution in [0.25, 0.3) is 0 Å². The molecule has 1 heterocycles. The van der Waals surface area contributed by atoms with Crippen LogP contribution in [0.4, 0.5) is 0 Å². The van der Waals surface area contributed by atoms with Crippen LogP contribution in [0.3, 0.4) is 0 Å². The largest absolute Gasteiger partial charge is 0.388 e. The van der Waals surface area contributed by atoms with Gasteiger partial charge in [-0.25, -0.2) is 0 Å². The zero-order valence-electron chi connectivity index (χ0n) is 7.84. The van der Waals surface area contributed by atoms with Crippen LogP contribution in [0.2, 0.25) is 0 Å². The molecule has 1 N–H and O–H groups in total. The minimum Gasteiger partial charge on any atom is -0.388 e. The predicted octanol–water partition coefficient (Wildman–Crippen LogP) is 4.35. The summed E-state index contributed by atoms with van der Waals surface area (Å²) in [6, 6.07) is 2.01. The van der Waals surface area contributed by atoms with Crippen molar-refractivity contribution >= 4 is 43.2 Å². The fourth-order valence-corrected chi connectivity index (χ4v) is 4.63. The number of hydrogen-bond donors (Lipinski definition) is 1. The van der Waals surface area contributed by atoms with Crippen molar-refractivity contribution in [3.8, 4) is 0 Å². The maximum Gasteiger partial charge on any atom is 0.0837 e. The molecule has 1 aliphatic carbocycles. The van der Waals surface area contributed by atoms with Crippen LogP contribution in [-0.2, 0) is 0 Å². The molecular weight excluding hydrogens is 328 g/mol. The first-order valence-electron chi connectivity index (χ1n) is 4.72. The highest BCUT2D eigenvalue weighted by Gasteiger charge is 2.34. The molecule has 1 fully saturated rings. The molecule has 0 bridgehead atoms. The molecule has 0 aromatic carbocycles. The minimum atomic E-state index is -0.320. The first-order chi connectivity index (χ1) is 6.59. The van der Waals surface area contributed by atoms with Crippen LogP contribution in [-0.4, -0.2) is 5.11 Å². The molecule has 0 aliphatic heterocycles. The van der Waals surface area contributed by atoms with Crippen LogP contribution in [0, 0.1) is 11.8 Å². The third-order valence-corrected chi connectivity index (χ3v) is 5.25. The van der Waals surface area contributed by atoms with Crippen molar-refractivity contribution in [3.05, 3.63) is 19.2 Å². The van der Waals surface area contributed by atoms with Crippen LogP contribution < -0.4 is 0 Å². The van der Waals surface area contributed by atoms with E-state index in [2.05, 4.69) is 38.8 Å². The lowest BCUT2D eigenvalue weighted by molar-refractivity contribution is 0.105. The molecule has 1 nitrogen and oxygen atoms in total. The van der Waals surface area contributed by atoms with Crippen LogP contribution >= 0.6 is 43.2 Å². The molecule has 1 aliphatic rings. The molecule has 1 aromatic heterocycles. The monoisotopic (exact) mass is 338 g/mol. The van der Waals surface area contributed by atoms with Gasteiger partial charge >= 0.3 is 0 Å². The van der Waals surface area contributed by atoms with Crippen molar-refractivity contribution in [1.82, 2.24) is 0 Å². The summed E-state index contributed by atoms with van der Waals surface area (Å²) < 4.78 is 2.12. The Morgan fingerprint density at radius 3 is 2.57 bits per heavy atom. The Hall–Kier alpha value is 0.620. The van der Waals surface area contributed by atoms with Gasteiger partial charge in [-0.15, -0.1) is 11.3 Å². The molecule has 0 amide bonds. The van der Waals surface area contributed by atoms with Crippen molar-refractivity contribution in [1.29, 1.82) is 0 Å². The van der Waals surface area contributed by atoms with Gasteiger partial charge in [-0.2, -0.15) is 0 Å². The van der Waals surface area contributed by atoms with Crippen molar-refractivity contribution in [2.24, 2.45) is 11.8 Å². The van der Waals surface area contributed by atoms with Crippen molar-refractivity contribution in [3.63, 3.8) is 0 Å². The second-order valence-electron chi connectivity index (χ2n) is 3.92. The quantitative estimate of drug-likeness (QED) is 0.867. The van der Waals surface area contributed by atoms with Crippen LogP contribution in [0.15, 0.2) is 13.6 Å². The number of aliphatic hydroxyl groups is 1. The standard InChI is InChI=1S/C10H12Br2OS/c1-5(6-2-3-6)9(13)7-4-8(11)14-10(7)12/h4-6,9,13H,2-3H2,1H3. The van der Waals surface area contributed by atoms with Crippen molar-refractivity contribution < 1.29 is 5.11 Å². The molecule has 14 heavy (non-hydrogen) atoms. The predicted molar refractivity (Wildman–Crippen MR) is 66.6 cm³/mol. The number of halogens is 2. The Kier molecular flexibility index (Phi) is 3.37. The van der Waals surface area contributed by atoms with Gasteiger partial charge in [0.2, 0.25) is 0 Å². The molecule has 2 atom stereocenters. The number of aliphatic hydroxyl groups excluding tert-OH is 1. The molecule has 0 radical (unpaired) electrons. The van der Waals surface area contributed by atoms with E-state index in [1.165, 1.54) is 12.8 Å². The minimum absolute atomic E-state index is 0.320. The summed E-state index contributed by atoms with van der Waals surface area (Å²) in [4.78, 5) is 0. The van der Waals surface area contributed by atoms with E-state index < -0.39 is 0 Å². The lowest BCUT2D eigenvalue weighted by Crippen LogP contribution is -2.10. The number of thiophene rings is 1. The third-order valence-electron chi connectivity index (χ3n) is 2.87. The third kappa shape index (κ3) is 2.23. The van der Waals surface area contributed by atoms with Crippen LogP contribution in [0.1, 0.15) is 31.4 Å². The van der Waals surface area contributed by atoms with E-state index in [4.69, 9.17) is 0 Å². The maximum absolute atomic E-state index is 10.1. The zero-order chi connectivity index (χ0) is 10.3. The van der Waals surface area contributed by atoms with Gasteiger partial charge in [0, 0.05) is 5.56 Å². The van der Waals surface area contributed by atoms with Gasteiger partial charge in [-0.3, -0.25) is 0 Å². The fourth-order valence-electron chi connectivity index (χ4n) is 1.72. The summed E-state index contributed by atoms with van der Waals surface area (Å²) in [6.07, 6.45) is 2.24. The van der Waals surface area contributed by atoms with Crippen molar-refractivity contribution in [2.75, 3.05) is 0 Å². The topological polar surface area (TPSA) is 20.2 Å². The van der Waals surface area contributed by atoms with Gasteiger partial charge in [0.1, 0.15) is 0 Å². The highest BCUT2D eigenvalue weighted by molar-refractivity contribution is 9.12. The Balaban J connectivity index is 2.16. The fraction of sp³-hybridized carbons (Fsp3) is 0.600. The molecule has 2 unspecified atom stereocenters. The van der Waals surface area contributed by atoms with Crippen LogP contribution in [0.5, 0.6) is 0 Å². The molecule has 78 valence electrons. The summed E-state index contributed by atoms with van der Waals surface area (Å²) in [7, 11) is 0. The Labute approximate surface area is 105 Å².